The molecule has 152 valence electrons. The van der Waals surface area contributed by atoms with Crippen molar-refractivity contribution in [2.45, 2.75) is 24.5 Å². The Bertz CT molecular complexity index is 1030. The highest BCUT2D eigenvalue weighted by atomic mass is 35.5. The van der Waals surface area contributed by atoms with Crippen LogP contribution in [-0.2, 0) is 16.4 Å². The Labute approximate surface area is 176 Å². The Morgan fingerprint density at radius 1 is 0.966 bits per heavy atom. The summed E-state index contributed by atoms with van der Waals surface area (Å²) in [7, 11) is -3.56. The van der Waals surface area contributed by atoms with Crippen LogP contribution < -0.4 is 14.8 Å². The number of hydrogen-bond donors (Lipinski definition) is 2. The maximum Gasteiger partial charge on any atom is 0.240 e. The average Bonchev–Trinajstić information content (AvgIpc) is 2.69. The summed E-state index contributed by atoms with van der Waals surface area (Å²) >= 11 is 5.81. The van der Waals surface area contributed by atoms with Crippen LogP contribution in [0.2, 0.25) is 5.02 Å². The summed E-state index contributed by atoms with van der Waals surface area (Å²) in [5.74, 6) is 0.721. The highest BCUT2D eigenvalue weighted by molar-refractivity contribution is 7.89. The van der Waals surface area contributed by atoms with Gasteiger partial charge in [0.05, 0.1) is 4.90 Å². The third-order valence-corrected chi connectivity index (χ3v) is 5.91. The molecule has 29 heavy (non-hydrogen) atoms. The summed E-state index contributed by atoms with van der Waals surface area (Å²) in [6.45, 7) is 2.21. The summed E-state index contributed by atoms with van der Waals surface area (Å²) in [4.78, 5) is 0.194. The largest absolute Gasteiger partial charge is 0.471 e. The molecule has 1 unspecified atom stereocenters. The second-order valence-electron chi connectivity index (χ2n) is 6.52. The number of sulfonamides is 1. The van der Waals surface area contributed by atoms with Crippen LogP contribution in [0.5, 0.6) is 5.75 Å². The lowest BCUT2D eigenvalue weighted by molar-refractivity contribution is 0.250. The lowest BCUT2D eigenvalue weighted by atomic mass is 10.1. The molecule has 0 aliphatic carbocycles. The van der Waals surface area contributed by atoms with E-state index in [2.05, 4.69) is 10.0 Å². The van der Waals surface area contributed by atoms with Crippen LogP contribution in [0.25, 0.3) is 0 Å². The van der Waals surface area contributed by atoms with Crippen molar-refractivity contribution in [3.05, 3.63) is 89.4 Å². The standard InChI is InChI=1S/C22H23ClN2O3S/c1-17(25-20-7-3-2-4-8-20)28-21-9-5-6-18(16-21)14-15-24-29(26,27)22-12-10-19(23)11-13-22/h2-13,16-17,24-25H,14-15H2,1H3. The quantitative estimate of drug-likeness (QED) is 0.483. The molecule has 5 nitrogen and oxygen atoms in total. The Morgan fingerprint density at radius 2 is 1.69 bits per heavy atom. The molecule has 0 saturated carbocycles. The van der Waals surface area contributed by atoms with E-state index in [9.17, 15) is 8.42 Å². The van der Waals surface area contributed by atoms with Crippen LogP contribution in [-0.4, -0.2) is 21.2 Å². The lowest BCUT2D eigenvalue weighted by Crippen LogP contribution is -2.26. The van der Waals surface area contributed by atoms with Crippen LogP contribution in [0, 0.1) is 0 Å². The number of benzene rings is 3. The van der Waals surface area contributed by atoms with Gasteiger partial charge in [0.25, 0.3) is 0 Å². The molecule has 2 N–H and O–H groups in total. The molecule has 3 aromatic rings. The number of anilines is 1. The summed E-state index contributed by atoms with van der Waals surface area (Å²) < 4.78 is 33.2. The highest BCUT2D eigenvalue weighted by Gasteiger charge is 2.13. The van der Waals surface area contributed by atoms with Crippen molar-refractivity contribution in [2.75, 3.05) is 11.9 Å². The van der Waals surface area contributed by atoms with Crippen molar-refractivity contribution < 1.29 is 13.2 Å². The molecule has 0 bridgehead atoms. The zero-order chi connectivity index (χ0) is 20.7. The van der Waals surface area contributed by atoms with E-state index < -0.39 is 10.0 Å². The summed E-state index contributed by atoms with van der Waals surface area (Å²) in [6, 6.07) is 23.6. The maximum atomic E-state index is 12.3. The second kappa shape index (κ2) is 9.78. The fourth-order valence-electron chi connectivity index (χ4n) is 2.80. The normalized spacial score (nSPS) is 12.3. The van der Waals surface area contributed by atoms with Gasteiger partial charge < -0.3 is 10.1 Å². The third-order valence-electron chi connectivity index (χ3n) is 4.18. The molecule has 0 aliphatic rings. The molecular weight excluding hydrogens is 408 g/mol. The maximum absolute atomic E-state index is 12.3. The van der Waals surface area contributed by atoms with E-state index in [1.54, 1.807) is 12.1 Å². The predicted molar refractivity (Wildman–Crippen MR) is 117 cm³/mol. The van der Waals surface area contributed by atoms with Gasteiger partial charge in [-0.2, -0.15) is 0 Å². The molecule has 0 aromatic heterocycles. The van der Waals surface area contributed by atoms with Gasteiger partial charge in [0.1, 0.15) is 5.75 Å². The molecule has 0 radical (unpaired) electrons. The summed E-state index contributed by atoms with van der Waals surface area (Å²) in [5.41, 5.74) is 1.96. The zero-order valence-corrected chi connectivity index (χ0v) is 17.6. The van der Waals surface area contributed by atoms with Gasteiger partial charge in [-0.3, -0.25) is 0 Å². The second-order valence-corrected chi connectivity index (χ2v) is 8.72. The Hall–Kier alpha value is -2.54. The van der Waals surface area contributed by atoms with Crippen LogP contribution in [0.15, 0.2) is 83.8 Å². The number of hydrogen-bond acceptors (Lipinski definition) is 4. The monoisotopic (exact) mass is 430 g/mol. The molecule has 0 amide bonds. The molecule has 0 saturated heterocycles. The Morgan fingerprint density at radius 3 is 2.41 bits per heavy atom. The van der Waals surface area contributed by atoms with Gasteiger partial charge in [-0.05, 0) is 67.4 Å². The fraction of sp³-hybridized carbons (Fsp3) is 0.182. The summed E-state index contributed by atoms with van der Waals surface area (Å²) in [5, 5.41) is 3.77. The molecule has 7 heteroatoms. The van der Waals surface area contributed by atoms with E-state index in [1.807, 2.05) is 61.5 Å². The van der Waals surface area contributed by atoms with Crippen LogP contribution >= 0.6 is 11.6 Å². The molecule has 1 atom stereocenters. The Balaban J connectivity index is 1.53. The average molecular weight is 431 g/mol. The highest BCUT2D eigenvalue weighted by Crippen LogP contribution is 2.17. The van der Waals surface area contributed by atoms with Crippen molar-refractivity contribution in [2.24, 2.45) is 0 Å². The topological polar surface area (TPSA) is 67.4 Å². The SMILES string of the molecule is CC(Nc1ccccc1)Oc1cccc(CCNS(=O)(=O)c2ccc(Cl)cc2)c1. The fourth-order valence-corrected chi connectivity index (χ4v) is 3.96. The van der Waals surface area contributed by atoms with Crippen molar-refractivity contribution in [3.8, 4) is 5.75 Å². The first-order valence-corrected chi connectivity index (χ1v) is 11.1. The first-order valence-electron chi connectivity index (χ1n) is 9.25. The molecule has 0 fully saturated rings. The molecule has 3 rings (SSSR count). The molecule has 3 aromatic carbocycles. The van der Waals surface area contributed by atoms with Gasteiger partial charge >= 0.3 is 0 Å². The first kappa shape index (κ1) is 21.2. The van der Waals surface area contributed by atoms with Gasteiger partial charge in [0.2, 0.25) is 10.0 Å². The minimum Gasteiger partial charge on any atom is -0.471 e. The van der Waals surface area contributed by atoms with E-state index in [-0.39, 0.29) is 17.7 Å². The molecule has 0 spiro atoms. The van der Waals surface area contributed by atoms with Crippen molar-refractivity contribution in [1.82, 2.24) is 4.72 Å². The number of ether oxygens (including phenoxy) is 1. The van der Waals surface area contributed by atoms with Gasteiger partial charge in [0, 0.05) is 17.3 Å². The molecule has 0 heterocycles. The van der Waals surface area contributed by atoms with Crippen LogP contribution in [0.4, 0.5) is 5.69 Å². The number of rotatable bonds is 9. The van der Waals surface area contributed by atoms with E-state index in [1.165, 1.54) is 12.1 Å². The zero-order valence-electron chi connectivity index (χ0n) is 16.0. The molecular formula is C22H23ClN2O3S. The van der Waals surface area contributed by atoms with Crippen molar-refractivity contribution >= 4 is 27.3 Å². The number of para-hydroxylation sites is 1. The van der Waals surface area contributed by atoms with Crippen LogP contribution in [0.3, 0.4) is 0 Å². The van der Waals surface area contributed by atoms with Gasteiger partial charge in [-0.15, -0.1) is 0 Å². The first-order chi connectivity index (χ1) is 13.9. The minimum atomic E-state index is -3.56. The van der Waals surface area contributed by atoms with Gasteiger partial charge in [-0.1, -0.05) is 41.9 Å². The minimum absolute atomic E-state index is 0.194. The van der Waals surface area contributed by atoms with E-state index in [0.29, 0.717) is 11.4 Å². The van der Waals surface area contributed by atoms with E-state index in [4.69, 9.17) is 16.3 Å². The van der Waals surface area contributed by atoms with E-state index >= 15 is 0 Å². The third kappa shape index (κ3) is 6.49. The smallest absolute Gasteiger partial charge is 0.240 e. The lowest BCUT2D eigenvalue weighted by Gasteiger charge is -2.18. The summed E-state index contributed by atoms with van der Waals surface area (Å²) in [6.07, 6.45) is 0.334. The van der Waals surface area contributed by atoms with E-state index in [0.717, 1.165) is 17.0 Å². The predicted octanol–water partition coefficient (Wildman–Crippen LogP) is 4.70. The van der Waals surface area contributed by atoms with Crippen molar-refractivity contribution in [1.29, 1.82) is 0 Å². The van der Waals surface area contributed by atoms with Gasteiger partial charge in [0.15, 0.2) is 6.23 Å². The number of halogens is 1. The Kier molecular flexibility index (Phi) is 7.14. The van der Waals surface area contributed by atoms with Gasteiger partial charge in [-0.25, -0.2) is 13.1 Å². The molecule has 0 aliphatic heterocycles. The van der Waals surface area contributed by atoms with Crippen LogP contribution in [0.1, 0.15) is 12.5 Å². The number of nitrogens with one attached hydrogen (secondary N) is 2. The van der Waals surface area contributed by atoms with Crippen molar-refractivity contribution in [3.63, 3.8) is 0 Å².